The van der Waals surface area contributed by atoms with Gasteiger partial charge in [0, 0.05) is 37.8 Å². The summed E-state index contributed by atoms with van der Waals surface area (Å²) in [6.07, 6.45) is 0. The second-order valence-electron chi connectivity index (χ2n) is 6.65. The molecule has 132 valence electrons. The molecule has 5 nitrogen and oxygen atoms in total. The average molecular weight is 346 g/mol. The average Bonchev–Trinajstić information content (AvgIpc) is 3.19. The molecule has 26 heavy (non-hydrogen) atoms. The number of nitrogens with zero attached hydrogens (tertiary/aromatic N) is 3. The number of hydrogen-bond donors (Lipinski definition) is 1. The van der Waals surface area contributed by atoms with E-state index in [1.807, 2.05) is 54.3 Å². The van der Waals surface area contributed by atoms with Crippen LogP contribution in [0.15, 0.2) is 60.7 Å². The summed E-state index contributed by atoms with van der Waals surface area (Å²) in [6, 6.07) is 20.0. The van der Waals surface area contributed by atoms with E-state index < -0.39 is 0 Å². The lowest BCUT2D eigenvalue weighted by Crippen LogP contribution is -2.48. The molecule has 1 fully saturated rings. The zero-order chi connectivity index (χ0) is 17.9. The molecule has 1 amide bonds. The molecule has 0 unspecified atom stereocenters. The highest BCUT2D eigenvalue weighted by molar-refractivity contribution is 5.94. The van der Waals surface area contributed by atoms with E-state index in [4.69, 9.17) is 0 Å². The summed E-state index contributed by atoms with van der Waals surface area (Å²) in [5.74, 6) is 1.04. The number of amides is 1. The van der Waals surface area contributed by atoms with Crippen molar-refractivity contribution < 1.29 is 4.79 Å². The lowest BCUT2D eigenvalue weighted by Gasteiger charge is -2.34. The number of benzene rings is 2. The molecule has 2 heterocycles. The third-order valence-corrected chi connectivity index (χ3v) is 4.84. The van der Waals surface area contributed by atoms with Crippen LogP contribution >= 0.6 is 0 Å². The number of carbonyl (C=O) groups is 1. The topological polar surface area (TPSA) is 52.2 Å². The van der Waals surface area contributed by atoms with Gasteiger partial charge in [-0.2, -0.15) is 5.10 Å². The van der Waals surface area contributed by atoms with Gasteiger partial charge in [-0.05, 0) is 24.6 Å². The number of anilines is 1. The maximum atomic E-state index is 12.6. The molecule has 0 saturated carbocycles. The molecule has 1 N–H and O–H groups in total. The largest absolute Gasteiger partial charge is 0.352 e. The van der Waals surface area contributed by atoms with Gasteiger partial charge in [-0.1, -0.05) is 48.0 Å². The van der Waals surface area contributed by atoms with E-state index >= 15 is 0 Å². The van der Waals surface area contributed by atoms with Crippen LogP contribution in [0.2, 0.25) is 0 Å². The molecule has 0 radical (unpaired) electrons. The molecule has 0 spiro atoms. The normalized spacial score (nSPS) is 14.5. The first-order valence-corrected chi connectivity index (χ1v) is 8.92. The van der Waals surface area contributed by atoms with E-state index in [1.165, 1.54) is 5.56 Å². The first kappa shape index (κ1) is 16.4. The van der Waals surface area contributed by atoms with Gasteiger partial charge in [-0.3, -0.25) is 9.89 Å². The van der Waals surface area contributed by atoms with Crippen LogP contribution in [0.25, 0.3) is 11.3 Å². The van der Waals surface area contributed by atoms with Gasteiger partial charge in [-0.15, -0.1) is 0 Å². The van der Waals surface area contributed by atoms with Crippen molar-refractivity contribution in [1.29, 1.82) is 0 Å². The number of rotatable bonds is 3. The van der Waals surface area contributed by atoms with E-state index in [2.05, 4.69) is 33.3 Å². The van der Waals surface area contributed by atoms with Gasteiger partial charge in [-0.25, -0.2) is 0 Å². The Hall–Kier alpha value is -3.08. The molecule has 0 aliphatic carbocycles. The quantitative estimate of drug-likeness (QED) is 0.791. The Morgan fingerprint density at radius 3 is 2.35 bits per heavy atom. The van der Waals surface area contributed by atoms with Crippen LogP contribution in [0.1, 0.15) is 15.9 Å². The van der Waals surface area contributed by atoms with Crippen LogP contribution in [-0.4, -0.2) is 47.2 Å². The van der Waals surface area contributed by atoms with Gasteiger partial charge in [0.05, 0.1) is 5.69 Å². The number of H-pyrrole nitrogens is 1. The molecular formula is C21H22N4O. The second-order valence-corrected chi connectivity index (χ2v) is 6.65. The maximum absolute atomic E-state index is 12.6. The minimum atomic E-state index is 0.108. The summed E-state index contributed by atoms with van der Waals surface area (Å²) in [6.45, 7) is 5.02. The van der Waals surface area contributed by atoms with E-state index in [0.29, 0.717) is 13.1 Å². The first-order valence-electron chi connectivity index (χ1n) is 8.92. The van der Waals surface area contributed by atoms with Gasteiger partial charge in [0.15, 0.2) is 5.82 Å². The predicted molar refractivity (Wildman–Crippen MR) is 103 cm³/mol. The summed E-state index contributed by atoms with van der Waals surface area (Å²) >= 11 is 0. The van der Waals surface area contributed by atoms with Crippen LogP contribution in [0.3, 0.4) is 0 Å². The summed E-state index contributed by atoms with van der Waals surface area (Å²) in [5.41, 5.74) is 4.06. The molecule has 1 saturated heterocycles. The van der Waals surface area contributed by atoms with E-state index in [9.17, 15) is 4.79 Å². The van der Waals surface area contributed by atoms with Crippen molar-refractivity contribution in [3.05, 3.63) is 71.8 Å². The van der Waals surface area contributed by atoms with Gasteiger partial charge >= 0.3 is 0 Å². The van der Waals surface area contributed by atoms with Crippen molar-refractivity contribution in [2.24, 2.45) is 0 Å². The fourth-order valence-corrected chi connectivity index (χ4v) is 3.26. The lowest BCUT2D eigenvalue weighted by atomic mass is 10.1. The van der Waals surface area contributed by atoms with Crippen molar-refractivity contribution in [3.63, 3.8) is 0 Å². The summed E-state index contributed by atoms with van der Waals surface area (Å²) in [7, 11) is 0. The van der Waals surface area contributed by atoms with Crippen molar-refractivity contribution in [2.45, 2.75) is 6.92 Å². The number of carbonyl (C=O) groups excluding carboxylic acids is 1. The molecule has 4 rings (SSSR count). The third kappa shape index (κ3) is 3.33. The Morgan fingerprint density at radius 1 is 0.962 bits per heavy atom. The van der Waals surface area contributed by atoms with Gasteiger partial charge < -0.3 is 9.80 Å². The van der Waals surface area contributed by atoms with Crippen LogP contribution in [0.4, 0.5) is 5.82 Å². The SMILES string of the molecule is Cc1ccc(C(=O)N2CCN(c3cc(-c4ccccc4)[nH]n3)CC2)cc1. The fraction of sp³-hybridized carbons (Fsp3) is 0.238. The van der Waals surface area contributed by atoms with E-state index in [1.54, 1.807) is 0 Å². The number of aromatic amines is 1. The van der Waals surface area contributed by atoms with Gasteiger partial charge in [0.1, 0.15) is 0 Å². The smallest absolute Gasteiger partial charge is 0.253 e. The number of nitrogens with one attached hydrogen (secondary N) is 1. The standard InChI is InChI=1S/C21H22N4O/c1-16-7-9-18(10-8-16)21(26)25-13-11-24(12-14-25)20-15-19(22-23-20)17-5-3-2-4-6-17/h2-10,15H,11-14H2,1H3,(H,22,23). The lowest BCUT2D eigenvalue weighted by molar-refractivity contribution is 0.0746. The van der Waals surface area contributed by atoms with Crippen molar-refractivity contribution in [3.8, 4) is 11.3 Å². The van der Waals surface area contributed by atoms with E-state index in [-0.39, 0.29) is 5.91 Å². The van der Waals surface area contributed by atoms with Crippen molar-refractivity contribution in [2.75, 3.05) is 31.1 Å². The third-order valence-electron chi connectivity index (χ3n) is 4.84. The van der Waals surface area contributed by atoms with Crippen molar-refractivity contribution >= 4 is 11.7 Å². The molecule has 5 heteroatoms. The van der Waals surface area contributed by atoms with Crippen molar-refractivity contribution in [1.82, 2.24) is 15.1 Å². The zero-order valence-corrected chi connectivity index (χ0v) is 14.9. The molecule has 0 bridgehead atoms. The number of aromatic nitrogens is 2. The van der Waals surface area contributed by atoms with Gasteiger partial charge in [0.25, 0.3) is 5.91 Å². The Balaban J connectivity index is 1.40. The van der Waals surface area contributed by atoms with Crippen LogP contribution < -0.4 is 4.90 Å². The highest BCUT2D eigenvalue weighted by Crippen LogP contribution is 2.22. The fourth-order valence-electron chi connectivity index (χ4n) is 3.26. The Labute approximate surface area is 153 Å². The van der Waals surface area contributed by atoms with Crippen LogP contribution in [0, 0.1) is 6.92 Å². The Kier molecular flexibility index (Phi) is 4.44. The maximum Gasteiger partial charge on any atom is 0.253 e. The summed E-state index contributed by atoms with van der Waals surface area (Å²) < 4.78 is 0. The minimum Gasteiger partial charge on any atom is -0.352 e. The van der Waals surface area contributed by atoms with Gasteiger partial charge in [0.2, 0.25) is 0 Å². The first-order chi connectivity index (χ1) is 12.7. The van der Waals surface area contributed by atoms with Crippen LogP contribution in [0.5, 0.6) is 0 Å². The zero-order valence-electron chi connectivity index (χ0n) is 14.9. The highest BCUT2D eigenvalue weighted by atomic mass is 16.2. The summed E-state index contributed by atoms with van der Waals surface area (Å²) in [4.78, 5) is 16.8. The number of aryl methyl sites for hydroxylation is 1. The Morgan fingerprint density at radius 2 is 1.65 bits per heavy atom. The molecule has 3 aromatic rings. The molecule has 1 aromatic heterocycles. The van der Waals surface area contributed by atoms with E-state index in [0.717, 1.165) is 35.7 Å². The predicted octanol–water partition coefficient (Wildman–Crippen LogP) is 3.35. The number of piperazine rings is 1. The molecule has 2 aromatic carbocycles. The van der Waals surface area contributed by atoms with Crippen LogP contribution in [-0.2, 0) is 0 Å². The molecule has 0 atom stereocenters. The minimum absolute atomic E-state index is 0.108. The second kappa shape index (κ2) is 7.04. The molecule has 1 aliphatic heterocycles. The molecular weight excluding hydrogens is 324 g/mol. The highest BCUT2D eigenvalue weighted by Gasteiger charge is 2.23. The summed E-state index contributed by atoms with van der Waals surface area (Å²) in [5, 5.41) is 7.56. The Bertz CT molecular complexity index is 878. The molecule has 1 aliphatic rings. The number of hydrogen-bond acceptors (Lipinski definition) is 3. The monoisotopic (exact) mass is 346 g/mol.